The van der Waals surface area contributed by atoms with Gasteiger partial charge in [-0.15, -0.1) is 0 Å². The first-order valence-electron chi connectivity index (χ1n) is 5.11. The summed E-state index contributed by atoms with van der Waals surface area (Å²) in [5.74, 6) is -1.03. The molecular weight excluding hydrogens is 194 g/mol. The molecular formula is C10H15N3O2. The predicted molar refractivity (Wildman–Crippen MR) is 54.6 cm³/mol. The number of nitrogens with two attached hydrogens (primary N) is 1. The number of carboxylic acids is 1. The number of imidazole rings is 1. The Bertz CT molecular complexity index is 386. The van der Waals surface area contributed by atoms with E-state index in [-0.39, 0.29) is 5.92 Å². The van der Waals surface area contributed by atoms with Crippen LogP contribution in [0.25, 0.3) is 0 Å². The molecule has 0 saturated carbocycles. The largest absolute Gasteiger partial charge is 0.480 e. The van der Waals surface area contributed by atoms with E-state index in [2.05, 4.69) is 4.98 Å². The molecule has 0 aliphatic carbocycles. The molecule has 82 valence electrons. The van der Waals surface area contributed by atoms with Crippen LogP contribution in [0.5, 0.6) is 0 Å². The summed E-state index contributed by atoms with van der Waals surface area (Å²) in [5, 5.41) is 8.93. The van der Waals surface area contributed by atoms with Gasteiger partial charge in [0.15, 0.2) is 0 Å². The van der Waals surface area contributed by atoms with Crippen molar-refractivity contribution in [3.05, 3.63) is 17.7 Å². The van der Waals surface area contributed by atoms with Crippen molar-refractivity contribution < 1.29 is 9.90 Å². The number of carbonyl (C=O) groups is 1. The molecule has 0 bridgehead atoms. The fourth-order valence-corrected chi connectivity index (χ4v) is 2.29. The predicted octanol–water partition coefficient (Wildman–Crippen LogP) is 0.481. The van der Waals surface area contributed by atoms with E-state index in [0.717, 1.165) is 30.8 Å². The van der Waals surface area contributed by atoms with E-state index in [1.54, 1.807) is 6.33 Å². The van der Waals surface area contributed by atoms with Gasteiger partial charge in [-0.1, -0.05) is 0 Å². The molecule has 15 heavy (non-hydrogen) atoms. The second kappa shape index (κ2) is 3.66. The summed E-state index contributed by atoms with van der Waals surface area (Å²) >= 11 is 0. The fraction of sp³-hybridized carbons (Fsp3) is 0.600. The summed E-state index contributed by atoms with van der Waals surface area (Å²) in [6, 6.07) is -0.820. The van der Waals surface area contributed by atoms with Crippen LogP contribution in [0.1, 0.15) is 30.1 Å². The van der Waals surface area contributed by atoms with Gasteiger partial charge in [0.25, 0.3) is 0 Å². The van der Waals surface area contributed by atoms with Crippen LogP contribution in [0.4, 0.5) is 0 Å². The maximum absolute atomic E-state index is 10.9. The number of hydrogen-bond donors (Lipinski definition) is 2. The monoisotopic (exact) mass is 209 g/mol. The molecule has 2 heterocycles. The van der Waals surface area contributed by atoms with Crippen molar-refractivity contribution in [3.8, 4) is 0 Å². The van der Waals surface area contributed by atoms with Gasteiger partial charge in [-0.25, -0.2) is 4.98 Å². The van der Waals surface area contributed by atoms with Gasteiger partial charge in [0.1, 0.15) is 6.04 Å². The number of aliphatic carboxylic acids is 1. The van der Waals surface area contributed by atoms with Crippen LogP contribution in [0, 0.1) is 6.92 Å². The zero-order valence-corrected chi connectivity index (χ0v) is 8.68. The van der Waals surface area contributed by atoms with Crippen LogP contribution in [0.2, 0.25) is 0 Å². The van der Waals surface area contributed by atoms with Crippen LogP contribution in [0.3, 0.4) is 0 Å². The number of hydrogen-bond acceptors (Lipinski definition) is 3. The topological polar surface area (TPSA) is 81.1 Å². The van der Waals surface area contributed by atoms with Crippen LogP contribution >= 0.6 is 0 Å². The third-order valence-corrected chi connectivity index (χ3v) is 3.05. The molecule has 0 saturated heterocycles. The summed E-state index contributed by atoms with van der Waals surface area (Å²) < 4.78 is 2.02. The standard InChI is InChI=1S/C10H15N3O2/c1-6-9-7(8(11)10(14)15)3-2-4-13(9)5-12-6/h5,7-8H,2-4,11H2,1H3,(H,14,15). The lowest BCUT2D eigenvalue weighted by Crippen LogP contribution is -2.39. The van der Waals surface area contributed by atoms with Crippen molar-refractivity contribution in [3.63, 3.8) is 0 Å². The normalized spacial score (nSPS) is 22.1. The van der Waals surface area contributed by atoms with Gasteiger partial charge >= 0.3 is 5.97 Å². The SMILES string of the molecule is Cc1ncn2c1C(C(N)C(=O)O)CCC2. The Kier molecular flexibility index (Phi) is 2.48. The molecule has 0 spiro atoms. The van der Waals surface area contributed by atoms with Gasteiger partial charge in [0.05, 0.1) is 12.0 Å². The molecule has 0 amide bonds. The molecule has 5 heteroatoms. The van der Waals surface area contributed by atoms with Crippen LogP contribution in [-0.4, -0.2) is 26.7 Å². The number of fused-ring (bicyclic) bond motifs is 1. The molecule has 5 nitrogen and oxygen atoms in total. The lowest BCUT2D eigenvalue weighted by molar-refractivity contribution is -0.139. The van der Waals surface area contributed by atoms with E-state index in [1.807, 2.05) is 11.5 Å². The second-order valence-corrected chi connectivity index (χ2v) is 4.02. The van der Waals surface area contributed by atoms with Gasteiger partial charge in [-0.3, -0.25) is 4.79 Å². The Morgan fingerprint density at radius 3 is 3.20 bits per heavy atom. The summed E-state index contributed by atoms with van der Waals surface area (Å²) in [6.45, 7) is 2.82. The number of aromatic nitrogens is 2. The molecule has 2 unspecified atom stereocenters. The quantitative estimate of drug-likeness (QED) is 0.742. The second-order valence-electron chi connectivity index (χ2n) is 4.02. The summed E-state index contributed by atoms with van der Waals surface area (Å²) in [5.41, 5.74) is 7.59. The Morgan fingerprint density at radius 1 is 1.80 bits per heavy atom. The molecule has 1 aromatic heterocycles. The number of rotatable bonds is 2. The zero-order valence-electron chi connectivity index (χ0n) is 8.68. The lowest BCUT2D eigenvalue weighted by atomic mass is 9.88. The Balaban J connectivity index is 2.36. The molecule has 1 aliphatic rings. The Hall–Kier alpha value is -1.36. The van der Waals surface area contributed by atoms with Crippen molar-refractivity contribution in [1.29, 1.82) is 0 Å². The third-order valence-electron chi connectivity index (χ3n) is 3.05. The van der Waals surface area contributed by atoms with Crippen molar-refractivity contribution in [1.82, 2.24) is 9.55 Å². The van der Waals surface area contributed by atoms with Gasteiger partial charge in [0, 0.05) is 18.2 Å². The maximum atomic E-state index is 10.9. The highest BCUT2D eigenvalue weighted by atomic mass is 16.4. The van der Waals surface area contributed by atoms with Crippen molar-refractivity contribution in [2.45, 2.75) is 38.3 Å². The van der Waals surface area contributed by atoms with Gasteiger partial charge in [-0.2, -0.15) is 0 Å². The first kappa shape index (κ1) is 10.2. The van der Waals surface area contributed by atoms with Gasteiger partial charge in [-0.05, 0) is 19.8 Å². The minimum atomic E-state index is -0.936. The number of carboxylic acid groups (broad SMARTS) is 1. The summed E-state index contributed by atoms with van der Waals surface area (Å²) in [4.78, 5) is 15.1. The Labute approximate surface area is 87.9 Å². The third kappa shape index (κ3) is 1.63. The van der Waals surface area contributed by atoms with Crippen molar-refractivity contribution in [2.24, 2.45) is 5.73 Å². The zero-order chi connectivity index (χ0) is 11.0. The van der Waals surface area contributed by atoms with E-state index in [9.17, 15) is 4.79 Å². The highest BCUT2D eigenvalue weighted by Crippen LogP contribution is 2.31. The molecule has 0 aromatic carbocycles. The number of aryl methyl sites for hydroxylation is 2. The molecule has 2 rings (SSSR count). The van der Waals surface area contributed by atoms with Crippen molar-refractivity contribution in [2.75, 3.05) is 0 Å². The minimum absolute atomic E-state index is 0.0984. The van der Waals surface area contributed by atoms with Crippen molar-refractivity contribution >= 4 is 5.97 Å². The van der Waals surface area contributed by atoms with E-state index >= 15 is 0 Å². The van der Waals surface area contributed by atoms with Crippen LogP contribution in [0.15, 0.2) is 6.33 Å². The highest BCUT2D eigenvalue weighted by Gasteiger charge is 2.31. The Morgan fingerprint density at radius 2 is 2.53 bits per heavy atom. The molecule has 0 radical (unpaired) electrons. The molecule has 0 fully saturated rings. The summed E-state index contributed by atoms with van der Waals surface area (Å²) in [6.07, 6.45) is 3.57. The minimum Gasteiger partial charge on any atom is -0.480 e. The summed E-state index contributed by atoms with van der Waals surface area (Å²) in [7, 11) is 0. The van der Waals surface area contributed by atoms with E-state index < -0.39 is 12.0 Å². The highest BCUT2D eigenvalue weighted by molar-refractivity contribution is 5.74. The van der Waals surface area contributed by atoms with E-state index in [1.165, 1.54) is 0 Å². The first-order valence-corrected chi connectivity index (χ1v) is 5.11. The van der Waals surface area contributed by atoms with Gasteiger partial charge in [0.2, 0.25) is 0 Å². The lowest BCUT2D eigenvalue weighted by Gasteiger charge is -2.27. The van der Waals surface area contributed by atoms with Gasteiger partial charge < -0.3 is 15.4 Å². The fourth-order valence-electron chi connectivity index (χ4n) is 2.29. The smallest absolute Gasteiger partial charge is 0.321 e. The maximum Gasteiger partial charge on any atom is 0.321 e. The van der Waals surface area contributed by atoms with E-state index in [0.29, 0.717) is 0 Å². The molecule has 3 N–H and O–H groups in total. The molecule has 1 aromatic rings. The number of nitrogens with zero attached hydrogens (tertiary/aromatic N) is 2. The van der Waals surface area contributed by atoms with Crippen LogP contribution in [-0.2, 0) is 11.3 Å². The first-order chi connectivity index (χ1) is 7.11. The molecule has 1 aliphatic heterocycles. The van der Waals surface area contributed by atoms with Crippen LogP contribution < -0.4 is 5.73 Å². The molecule has 2 atom stereocenters. The average Bonchev–Trinajstić information content (AvgIpc) is 2.59. The van der Waals surface area contributed by atoms with E-state index in [4.69, 9.17) is 10.8 Å². The average molecular weight is 209 g/mol.